The van der Waals surface area contributed by atoms with E-state index in [1.165, 1.54) is 6.42 Å². The van der Waals surface area contributed by atoms with E-state index >= 15 is 0 Å². The molecule has 0 radical (unpaired) electrons. The number of hydrogen-bond donors (Lipinski definition) is 2. The third-order valence-corrected chi connectivity index (χ3v) is 7.93. The van der Waals surface area contributed by atoms with Gasteiger partial charge in [-0.2, -0.15) is 0 Å². The number of fused-ring (bicyclic) bond motifs is 4. The Balaban J connectivity index is 0.000000191. The molecule has 35 heavy (non-hydrogen) atoms. The maximum atomic E-state index is 11.0. The summed E-state index contributed by atoms with van der Waals surface area (Å²) in [5.41, 5.74) is 2.95. The van der Waals surface area contributed by atoms with Gasteiger partial charge in [-0.05, 0) is 75.5 Å². The van der Waals surface area contributed by atoms with Gasteiger partial charge in [-0.25, -0.2) is 0 Å². The highest BCUT2D eigenvalue weighted by Crippen LogP contribution is 2.41. The fourth-order valence-electron chi connectivity index (χ4n) is 5.50. The summed E-state index contributed by atoms with van der Waals surface area (Å²) in [6.07, 6.45) is 5.36. The molecule has 7 atom stereocenters. The third-order valence-electron chi connectivity index (χ3n) is 7.93. The lowest BCUT2D eigenvalue weighted by atomic mass is 9.73. The Morgan fingerprint density at radius 1 is 1.06 bits per heavy atom. The van der Waals surface area contributed by atoms with Gasteiger partial charge < -0.3 is 15.1 Å². The first-order chi connectivity index (χ1) is 16.9. The van der Waals surface area contributed by atoms with E-state index in [0.29, 0.717) is 11.8 Å². The first-order valence-electron chi connectivity index (χ1n) is 12.7. The van der Waals surface area contributed by atoms with Crippen LogP contribution >= 0.6 is 0 Å². The van der Waals surface area contributed by atoms with Crippen molar-refractivity contribution in [1.82, 2.24) is 14.8 Å². The van der Waals surface area contributed by atoms with Crippen molar-refractivity contribution in [2.45, 2.75) is 44.1 Å². The van der Waals surface area contributed by atoms with Crippen LogP contribution in [-0.4, -0.2) is 64.3 Å². The lowest BCUT2D eigenvalue weighted by Crippen LogP contribution is -2.54. The monoisotopic (exact) mass is 473 g/mol. The number of piperidine rings is 3. The molecule has 2 bridgehead atoms. The van der Waals surface area contributed by atoms with Crippen LogP contribution in [0.15, 0.2) is 79.5 Å². The summed E-state index contributed by atoms with van der Waals surface area (Å²) in [6, 6.07) is 20.2. The summed E-state index contributed by atoms with van der Waals surface area (Å²) in [7, 11) is 3.94. The van der Waals surface area contributed by atoms with Crippen molar-refractivity contribution in [3.63, 3.8) is 0 Å². The molecule has 186 valence electrons. The van der Waals surface area contributed by atoms with E-state index in [0.717, 1.165) is 41.5 Å². The number of aliphatic hydroxyl groups is 2. The minimum Gasteiger partial charge on any atom is -0.387 e. The van der Waals surface area contributed by atoms with E-state index in [9.17, 15) is 10.2 Å². The number of aromatic nitrogens is 1. The van der Waals surface area contributed by atoms with Crippen LogP contribution in [0.3, 0.4) is 0 Å². The van der Waals surface area contributed by atoms with Crippen molar-refractivity contribution in [3.05, 3.63) is 90.6 Å². The highest BCUT2D eigenvalue weighted by molar-refractivity contribution is 5.82. The summed E-state index contributed by atoms with van der Waals surface area (Å²) in [5.74, 6) is 1.27. The number of aliphatic hydroxyl groups excluding tert-OH is 2. The number of nitrogens with zero attached hydrogens (tertiary/aromatic N) is 3. The van der Waals surface area contributed by atoms with Gasteiger partial charge in [0, 0.05) is 30.2 Å². The molecule has 0 amide bonds. The molecule has 0 aliphatic carbocycles. The molecule has 2 aromatic carbocycles. The van der Waals surface area contributed by atoms with Crippen LogP contribution in [-0.2, 0) is 0 Å². The molecule has 4 unspecified atom stereocenters. The molecule has 2 N–H and O–H groups in total. The molecule has 3 aliphatic heterocycles. The Bertz CT molecular complexity index is 1100. The Morgan fingerprint density at radius 3 is 2.43 bits per heavy atom. The Hall–Kier alpha value is -2.57. The van der Waals surface area contributed by atoms with E-state index in [4.69, 9.17) is 0 Å². The smallest absolute Gasteiger partial charge is 0.0952 e. The maximum absolute atomic E-state index is 11.0. The van der Waals surface area contributed by atoms with Crippen molar-refractivity contribution in [1.29, 1.82) is 0 Å². The fourth-order valence-corrected chi connectivity index (χ4v) is 5.50. The van der Waals surface area contributed by atoms with E-state index in [1.54, 1.807) is 0 Å². The maximum Gasteiger partial charge on any atom is 0.0952 e. The van der Waals surface area contributed by atoms with Crippen LogP contribution in [0.2, 0.25) is 0 Å². The van der Waals surface area contributed by atoms with Gasteiger partial charge in [-0.1, -0.05) is 54.6 Å². The van der Waals surface area contributed by atoms with E-state index < -0.39 is 12.2 Å². The summed E-state index contributed by atoms with van der Waals surface area (Å²) >= 11 is 0. The zero-order valence-corrected chi connectivity index (χ0v) is 21.2. The quantitative estimate of drug-likeness (QED) is 0.502. The molecule has 0 saturated carbocycles. The highest BCUT2D eigenvalue weighted by atomic mass is 16.3. The van der Waals surface area contributed by atoms with Crippen molar-refractivity contribution in [2.24, 2.45) is 11.8 Å². The molecule has 3 aliphatic rings. The van der Waals surface area contributed by atoms with Crippen molar-refractivity contribution in [3.8, 4) is 0 Å². The highest BCUT2D eigenvalue weighted by Gasteiger charge is 2.42. The number of likely N-dealkylation sites (N-methyl/N-ethyl adjacent to an activating group) is 1. The minimum absolute atomic E-state index is 0.141. The largest absolute Gasteiger partial charge is 0.387 e. The van der Waals surface area contributed by atoms with Gasteiger partial charge in [0.05, 0.1) is 17.7 Å². The van der Waals surface area contributed by atoms with Gasteiger partial charge in [-0.15, -0.1) is 6.58 Å². The van der Waals surface area contributed by atoms with Gasteiger partial charge >= 0.3 is 0 Å². The predicted molar refractivity (Wildman–Crippen MR) is 143 cm³/mol. The van der Waals surface area contributed by atoms with Crippen molar-refractivity contribution in [2.75, 3.05) is 27.2 Å². The first kappa shape index (κ1) is 25.5. The van der Waals surface area contributed by atoms with Gasteiger partial charge in [-0.3, -0.25) is 9.88 Å². The Morgan fingerprint density at radius 2 is 1.77 bits per heavy atom. The zero-order valence-electron chi connectivity index (χ0n) is 21.2. The molecule has 3 aromatic rings. The number of pyridine rings is 1. The predicted octanol–water partition coefficient (Wildman–Crippen LogP) is 4.83. The molecule has 5 nitrogen and oxygen atoms in total. The molecular weight excluding hydrogens is 434 g/mol. The average Bonchev–Trinajstić information content (AvgIpc) is 2.92. The Labute approximate surface area is 209 Å². The third kappa shape index (κ3) is 5.65. The molecule has 6 rings (SSSR count). The fraction of sp³-hybridized carbons (Fsp3) is 0.433. The van der Waals surface area contributed by atoms with E-state index in [-0.39, 0.29) is 12.1 Å². The second-order valence-electron chi connectivity index (χ2n) is 10.2. The number of benzene rings is 2. The lowest BCUT2D eigenvalue weighted by molar-refractivity contribution is -0.0444. The van der Waals surface area contributed by atoms with Crippen LogP contribution in [0.1, 0.15) is 43.1 Å². The first-order valence-corrected chi connectivity index (χ1v) is 12.7. The Kier molecular flexibility index (Phi) is 8.34. The van der Waals surface area contributed by atoms with Gasteiger partial charge in [0.15, 0.2) is 0 Å². The molecule has 0 spiro atoms. The summed E-state index contributed by atoms with van der Waals surface area (Å²) in [5, 5.41) is 22.0. The zero-order chi connectivity index (χ0) is 24.9. The lowest BCUT2D eigenvalue weighted by Gasteiger charge is -2.50. The second kappa shape index (κ2) is 11.4. The average molecular weight is 474 g/mol. The standard InChI is InChI=1S/C19H22N2O.C11H17NO/c1-2-13-12-21-10-8-14(13)11-18(21)19(22)16-7-9-20-17-6-4-3-5-15(16)17;1-9(12(2)3)11(13)10-7-5-4-6-8-10/h2-7,9,13-14,18-19,22H,1,8,10-12H2;4-9,11,13H,1-3H3/t13?,14?,18?,19-;9-,11-/m10/s1. The van der Waals surface area contributed by atoms with Crippen LogP contribution in [0, 0.1) is 11.8 Å². The van der Waals surface area contributed by atoms with Gasteiger partial charge in [0.25, 0.3) is 0 Å². The number of para-hydroxylation sites is 1. The molecule has 4 heterocycles. The molecule has 1 aromatic heterocycles. The van der Waals surface area contributed by atoms with Crippen molar-refractivity contribution >= 4 is 10.9 Å². The van der Waals surface area contributed by atoms with Gasteiger partial charge in [0.2, 0.25) is 0 Å². The van der Waals surface area contributed by atoms with Gasteiger partial charge in [0.1, 0.15) is 0 Å². The molecule has 5 heteroatoms. The topological polar surface area (TPSA) is 59.8 Å². The van der Waals surface area contributed by atoms with E-state index in [1.807, 2.05) is 86.7 Å². The number of rotatable bonds is 6. The minimum atomic E-state index is -0.443. The van der Waals surface area contributed by atoms with E-state index in [2.05, 4.69) is 28.6 Å². The summed E-state index contributed by atoms with van der Waals surface area (Å²) < 4.78 is 0. The number of hydrogen-bond acceptors (Lipinski definition) is 5. The summed E-state index contributed by atoms with van der Waals surface area (Å²) in [6.45, 7) is 8.12. The van der Waals surface area contributed by atoms with Crippen molar-refractivity contribution < 1.29 is 10.2 Å². The summed E-state index contributed by atoms with van der Waals surface area (Å²) in [4.78, 5) is 8.87. The molecule has 3 fully saturated rings. The van der Waals surface area contributed by atoms with Crippen LogP contribution < -0.4 is 0 Å². The van der Waals surface area contributed by atoms with Crippen LogP contribution in [0.5, 0.6) is 0 Å². The van der Waals surface area contributed by atoms with Crippen LogP contribution in [0.4, 0.5) is 0 Å². The normalized spacial score (nSPS) is 26.0. The SMILES string of the molecule is C=CC1CN2CCC1CC2[C@H](O)c1ccnc2ccccc12.C[C@@H]([C@H](O)c1ccccc1)N(C)C. The second-order valence-corrected chi connectivity index (χ2v) is 10.2. The molecule has 3 saturated heterocycles. The van der Waals surface area contributed by atoms with Crippen LogP contribution in [0.25, 0.3) is 10.9 Å². The molecular formula is C30H39N3O2.